The van der Waals surface area contributed by atoms with Crippen LogP contribution in [0.3, 0.4) is 0 Å². The Kier molecular flexibility index (Phi) is 7.75. The van der Waals surface area contributed by atoms with Crippen molar-refractivity contribution in [2.45, 2.75) is 31.6 Å². The average Bonchev–Trinajstić information content (AvgIpc) is 3.46. The zero-order chi connectivity index (χ0) is 17.4. The van der Waals surface area contributed by atoms with Gasteiger partial charge in [0.05, 0.1) is 11.1 Å². The number of likely N-dealkylation sites (tertiary alicyclic amines) is 1. The van der Waals surface area contributed by atoms with E-state index >= 15 is 0 Å². The van der Waals surface area contributed by atoms with Crippen molar-refractivity contribution in [1.29, 1.82) is 0 Å². The highest BCUT2D eigenvalue weighted by Crippen LogP contribution is 2.40. The Morgan fingerprint density at radius 2 is 1.89 bits per heavy atom. The molecule has 4 nitrogen and oxygen atoms in total. The number of nitrogens with one attached hydrogen (secondary N) is 1. The van der Waals surface area contributed by atoms with Crippen molar-refractivity contribution in [3.05, 3.63) is 40.5 Å². The van der Waals surface area contributed by atoms with E-state index in [1.54, 1.807) is 0 Å². The van der Waals surface area contributed by atoms with Crippen LogP contribution in [0.1, 0.15) is 47.7 Å². The molecular weight excluding hydrogens is 405 g/mol. The van der Waals surface area contributed by atoms with Gasteiger partial charge in [-0.25, -0.2) is 0 Å². The van der Waals surface area contributed by atoms with Gasteiger partial charge in [0, 0.05) is 35.1 Å². The predicted octanol–water partition coefficient (Wildman–Crippen LogP) is 4.68. The number of amides is 1. The van der Waals surface area contributed by atoms with Gasteiger partial charge in [-0.2, -0.15) is 0 Å². The van der Waals surface area contributed by atoms with Crippen LogP contribution in [0.2, 0.25) is 5.02 Å². The van der Waals surface area contributed by atoms with E-state index in [1.807, 2.05) is 36.2 Å². The molecule has 0 spiro atoms. The van der Waals surface area contributed by atoms with E-state index < -0.39 is 0 Å². The molecule has 1 saturated heterocycles. The fourth-order valence-electron chi connectivity index (χ4n) is 3.78. The molecule has 1 N–H and O–H groups in total. The summed E-state index contributed by atoms with van der Waals surface area (Å²) >= 11 is 6.19. The minimum Gasteiger partial charge on any atom is -0.339 e. The number of hydrogen-bond donors (Lipinski definition) is 1. The number of nitrogens with zero attached hydrogens (tertiary/aromatic N) is 2. The summed E-state index contributed by atoms with van der Waals surface area (Å²) in [6.07, 6.45) is 4.47. The fourth-order valence-corrected chi connectivity index (χ4v) is 3.95. The monoisotopic (exact) mass is 429 g/mol. The van der Waals surface area contributed by atoms with E-state index in [2.05, 4.69) is 5.32 Å². The van der Waals surface area contributed by atoms with E-state index in [0.29, 0.717) is 16.9 Å². The molecule has 27 heavy (non-hydrogen) atoms. The number of carbonyl (C=O) groups is 1. The number of benzene rings is 1. The van der Waals surface area contributed by atoms with E-state index in [9.17, 15) is 4.79 Å². The van der Waals surface area contributed by atoms with Crippen molar-refractivity contribution in [2.24, 2.45) is 5.92 Å². The van der Waals surface area contributed by atoms with Gasteiger partial charge in [-0.1, -0.05) is 11.6 Å². The van der Waals surface area contributed by atoms with Crippen LogP contribution in [-0.2, 0) is 0 Å². The van der Waals surface area contributed by atoms with Gasteiger partial charge in [0.1, 0.15) is 0 Å². The summed E-state index contributed by atoms with van der Waals surface area (Å²) in [4.78, 5) is 20.0. The molecule has 2 heterocycles. The summed E-state index contributed by atoms with van der Waals surface area (Å²) in [6.45, 7) is 2.68. The lowest BCUT2D eigenvalue weighted by atomic mass is 9.95. The molecule has 2 aliphatic rings. The SMILES string of the molecule is CNCC1CCN(C(=O)c2cc(C3CC3)nc3ccc(Cl)cc23)CC1.Cl.Cl. The van der Waals surface area contributed by atoms with E-state index in [-0.39, 0.29) is 30.7 Å². The maximum atomic E-state index is 13.2. The number of rotatable bonds is 4. The average molecular weight is 431 g/mol. The Hall–Kier alpha value is -1.07. The minimum atomic E-state index is 0. The normalized spacial score (nSPS) is 17.3. The van der Waals surface area contributed by atoms with Crippen LogP contribution in [0.15, 0.2) is 24.3 Å². The van der Waals surface area contributed by atoms with Crippen LogP contribution in [0.4, 0.5) is 0 Å². The van der Waals surface area contributed by atoms with Crippen molar-refractivity contribution in [3.8, 4) is 0 Å². The zero-order valence-electron chi connectivity index (χ0n) is 15.4. The van der Waals surface area contributed by atoms with Gasteiger partial charge in [0.2, 0.25) is 0 Å². The highest BCUT2D eigenvalue weighted by molar-refractivity contribution is 6.31. The predicted molar refractivity (Wildman–Crippen MR) is 116 cm³/mol. The standard InChI is InChI=1S/C20H24ClN3O.2ClH/c1-22-12-13-6-8-24(9-7-13)20(25)17-11-19(14-2-3-14)23-18-5-4-15(21)10-16(17)18;;/h4-5,10-11,13-14,22H,2-3,6-9,12H2,1H3;2*1H. The quantitative estimate of drug-likeness (QED) is 0.766. The molecule has 1 aromatic heterocycles. The smallest absolute Gasteiger partial charge is 0.254 e. The molecule has 148 valence electrons. The van der Waals surface area contributed by atoms with Crippen LogP contribution in [0.5, 0.6) is 0 Å². The second-order valence-electron chi connectivity index (χ2n) is 7.32. The Balaban J connectivity index is 0.00000131. The lowest BCUT2D eigenvalue weighted by Crippen LogP contribution is -2.40. The van der Waals surface area contributed by atoms with Gasteiger partial charge in [0.25, 0.3) is 5.91 Å². The third-order valence-corrected chi connectivity index (χ3v) is 5.65. The van der Waals surface area contributed by atoms with Crippen molar-refractivity contribution in [3.63, 3.8) is 0 Å². The number of aromatic nitrogens is 1. The largest absolute Gasteiger partial charge is 0.339 e. The van der Waals surface area contributed by atoms with E-state index in [1.165, 1.54) is 12.8 Å². The summed E-state index contributed by atoms with van der Waals surface area (Å²) in [5.74, 6) is 1.31. The Morgan fingerprint density at radius 1 is 1.19 bits per heavy atom. The molecule has 2 aromatic rings. The van der Waals surface area contributed by atoms with E-state index in [4.69, 9.17) is 16.6 Å². The first kappa shape index (κ1) is 22.2. The fraction of sp³-hybridized carbons (Fsp3) is 0.500. The number of carbonyl (C=O) groups excluding carboxylic acids is 1. The number of hydrogen-bond acceptors (Lipinski definition) is 3. The number of fused-ring (bicyclic) bond motifs is 1. The second kappa shape index (κ2) is 9.42. The first-order valence-corrected chi connectivity index (χ1v) is 9.57. The first-order chi connectivity index (χ1) is 12.2. The summed E-state index contributed by atoms with van der Waals surface area (Å²) in [5, 5.41) is 4.77. The molecule has 7 heteroatoms. The summed E-state index contributed by atoms with van der Waals surface area (Å²) < 4.78 is 0. The van der Waals surface area contributed by atoms with Crippen molar-refractivity contribution >= 4 is 53.2 Å². The van der Waals surface area contributed by atoms with Crippen LogP contribution in [0.25, 0.3) is 10.9 Å². The Labute approximate surface area is 177 Å². The van der Waals surface area contributed by atoms with Gasteiger partial charge in [0.15, 0.2) is 0 Å². The van der Waals surface area contributed by atoms with Crippen LogP contribution in [-0.4, -0.2) is 42.5 Å². The third kappa shape index (κ3) is 4.86. The number of pyridine rings is 1. The van der Waals surface area contributed by atoms with E-state index in [0.717, 1.165) is 54.6 Å². The molecule has 0 bridgehead atoms. The molecule has 4 rings (SSSR count). The first-order valence-electron chi connectivity index (χ1n) is 9.20. The zero-order valence-corrected chi connectivity index (χ0v) is 17.8. The highest BCUT2D eigenvalue weighted by Gasteiger charge is 2.29. The summed E-state index contributed by atoms with van der Waals surface area (Å²) in [5.41, 5.74) is 2.70. The Morgan fingerprint density at radius 3 is 2.52 bits per heavy atom. The van der Waals surface area contributed by atoms with Gasteiger partial charge in [-0.05, 0) is 69.5 Å². The molecule has 0 unspecified atom stereocenters. The topological polar surface area (TPSA) is 45.2 Å². The summed E-state index contributed by atoms with van der Waals surface area (Å²) in [7, 11) is 1.99. The van der Waals surface area contributed by atoms with Gasteiger partial charge < -0.3 is 10.2 Å². The Bertz CT molecular complexity index is 802. The second-order valence-corrected chi connectivity index (χ2v) is 7.76. The molecule has 0 radical (unpaired) electrons. The lowest BCUT2D eigenvalue weighted by molar-refractivity contribution is 0.0692. The molecule has 1 aliphatic heterocycles. The maximum Gasteiger partial charge on any atom is 0.254 e. The molecular formula is C20H26Cl3N3O. The molecule has 1 aromatic carbocycles. The van der Waals surface area contributed by atoms with Gasteiger partial charge in [-0.3, -0.25) is 9.78 Å². The molecule has 1 aliphatic carbocycles. The van der Waals surface area contributed by atoms with Crippen molar-refractivity contribution in [2.75, 3.05) is 26.7 Å². The van der Waals surface area contributed by atoms with Crippen molar-refractivity contribution in [1.82, 2.24) is 15.2 Å². The lowest BCUT2D eigenvalue weighted by Gasteiger charge is -2.32. The molecule has 0 atom stereocenters. The van der Waals surface area contributed by atoms with Crippen LogP contribution >= 0.6 is 36.4 Å². The van der Waals surface area contributed by atoms with Crippen molar-refractivity contribution < 1.29 is 4.79 Å². The minimum absolute atomic E-state index is 0. The van der Waals surface area contributed by atoms with Crippen LogP contribution < -0.4 is 5.32 Å². The molecule has 1 amide bonds. The third-order valence-electron chi connectivity index (χ3n) is 5.41. The maximum absolute atomic E-state index is 13.2. The number of halogens is 3. The molecule has 1 saturated carbocycles. The molecule has 2 fully saturated rings. The van der Waals surface area contributed by atoms with Gasteiger partial charge >= 0.3 is 0 Å². The highest BCUT2D eigenvalue weighted by atomic mass is 35.5. The summed E-state index contributed by atoms with van der Waals surface area (Å²) in [6, 6.07) is 7.67. The van der Waals surface area contributed by atoms with Gasteiger partial charge in [-0.15, -0.1) is 24.8 Å². The number of piperidine rings is 1. The van der Waals surface area contributed by atoms with Crippen LogP contribution in [0, 0.1) is 5.92 Å².